The first-order valence-electron chi connectivity index (χ1n) is 9.63. The minimum absolute atomic E-state index is 0.0282. The van der Waals surface area contributed by atoms with Crippen LogP contribution in [0.15, 0.2) is 53.4 Å². The number of benzene rings is 2. The summed E-state index contributed by atoms with van der Waals surface area (Å²) >= 11 is 5.91. The van der Waals surface area contributed by atoms with Crippen molar-refractivity contribution >= 4 is 33.4 Å². The van der Waals surface area contributed by atoms with Gasteiger partial charge in [0.25, 0.3) is 5.91 Å². The summed E-state index contributed by atoms with van der Waals surface area (Å²) in [6.45, 7) is 4.10. The predicted octanol–water partition coefficient (Wildman–Crippen LogP) is 2.85. The van der Waals surface area contributed by atoms with Crippen LogP contribution in [0.5, 0.6) is 0 Å². The summed E-state index contributed by atoms with van der Waals surface area (Å²) in [5, 5.41) is 5.74. The number of carbonyl (C=O) groups excluding carboxylic acids is 2. The Morgan fingerprint density at radius 1 is 1.10 bits per heavy atom. The van der Waals surface area contributed by atoms with Gasteiger partial charge in [-0.25, -0.2) is 13.1 Å². The number of carbonyl (C=O) groups is 2. The van der Waals surface area contributed by atoms with E-state index in [1.807, 2.05) is 13.8 Å². The molecule has 0 saturated carbocycles. The van der Waals surface area contributed by atoms with Crippen molar-refractivity contribution in [2.24, 2.45) is 0 Å². The van der Waals surface area contributed by atoms with Gasteiger partial charge in [-0.05, 0) is 43.2 Å². The van der Waals surface area contributed by atoms with Crippen LogP contribution in [0.2, 0.25) is 5.02 Å². The maximum Gasteiger partial charge on any atom is 0.251 e. The van der Waals surface area contributed by atoms with Crippen molar-refractivity contribution in [2.75, 3.05) is 6.54 Å². The molecule has 0 heterocycles. The third-order valence-electron chi connectivity index (χ3n) is 4.44. The zero-order valence-electron chi connectivity index (χ0n) is 16.9. The molecule has 0 fully saturated rings. The molecule has 9 heteroatoms. The Balaban J connectivity index is 1.83. The standard InChI is InChI=1S/C21H26ClN3O4S/c1-3-15(2)25-21(27)17-8-6-7-16(13-17)14-23-20(26)11-12-24-30(28,29)19-10-5-4-9-18(19)22/h4-10,13,15,24H,3,11-12,14H2,1-2H3,(H,23,26)(H,25,27). The van der Waals surface area contributed by atoms with Crippen molar-refractivity contribution in [3.05, 3.63) is 64.7 Å². The van der Waals surface area contributed by atoms with Crippen molar-refractivity contribution in [3.8, 4) is 0 Å². The van der Waals surface area contributed by atoms with Crippen molar-refractivity contribution in [1.82, 2.24) is 15.4 Å². The molecule has 2 aromatic carbocycles. The number of nitrogens with one attached hydrogen (secondary N) is 3. The zero-order chi connectivity index (χ0) is 22.1. The lowest BCUT2D eigenvalue weighted by Crippen LogP contribution is -2.32. The molecule has 162 valence electrons. The lowest BCUT2D eigenvalue weighted by Gasteiger charge is -2.12. The van der Waals surface area contributed by atoms with E-state index in [4.69, 9.17) is 11.6 Å². The van der Waals surface area contributed by atoms with E-state index in [-0.39, 0.29) is 47.3 Å². The van der Waals surface area contributed by atoms with E-state index in [0.717, 1.165) is 12.0 Å². The minimum atomic E-state index is -3.79. The summed E-state index contributed by atoms with van der Waals surface area (Å²) in [5.41, 5.74) is 1.30. The Morgan fingerprint density at radius 2 is 1.83 bits per heavy atom. The van der Waals surface area contributed by atoms with Crippen LogP contribution in [0.1, 0.15) is 42.6 Å². The molecular weight excluding hydrogens is 426 g/mol. The largest absolute Gasteiger partial charge is 0.352 e. The number of hydrogen-bond donors (Lipinski definition) is 3. The molecule has 1 unspecified atom stereocenters. The molecule has 0 spiro atoms. The van der Waals surface area contributed by atoms with E-state index in [1.54, 1.807) is 36.4 Å². The van der Waals surface area contributed by atoms with Crippen molar-refractivity contribution in [1.29, 1.82) is 0 Å². The fourth-order valence-electron chi connectivity index (χ4n) is 2.56. The molecule has 30 heavy (non-hydrogen) atoms. The molecule has 0 aromatic heterocycles. The Hall–Kier alpha value is -2.42. The molecule has 3 N–H and O–H groups in total. The molecule has 0 radical (unpaired) electrons. The number of halogens is 1. The van der Waals surface area contributed by atoms with Gasteiger partial charge in [-0.15, -0.1) is 0 Å². The maximum absolute atomic E-state index is 12.2. The van der Waals surface area contributed by atoms with E-state index in [0.29, 0.717) is 5.56 Å². The quantitative estimate of drug-likeness (QED) is 0.516. The van der Waals surface area contributed by atoms with Gasteiger partial charge in [0, 0.05) is 31.1 Å². The van der Waals surface area contributed by atoms with E-state index in [9.17, 15) is 18.0 Å². The third kappa shape index (κ3) is 7.12. The molecule has 2 aromatic rings. The van der Waals surface area contributed by atoms with Crippen LogP contribution in [-0.2, 0) is 21.4 Å². The van der Waals surface area contributed by atoms with Crippen molar-refractivity contribution in [2.45, 2.75) is 44.2 Å². The first-order chi connectivity index (χ1) is 14.2. The van der Waals surface area contributed by atoms with Crippen LogP contribution in [0, 0.1) is 0 Å². The summed E-state index contributed by atoms with van der Waals surface area (Å²) in [4.78, 5) is 24.2. The van der Waals surface area contributed by atoms with E-state index in [1.165, 1.54) is 12.1 Å². The third-order valence-corrected chi connectivity index (χ3v) is 6.40. The monoisotopic (exact) mass is 451 g/mol. The van der Waals surface area contributed by atoms with E-state index in [2.05, 4.69) is 15.4 Å². The average Bonchev–Trinajstić information content (AvgIpc) is 2.72. The van der Waals surface area contributed by atoms with Gasteiger partial charge in [-0.2, -0.15) is 0 Å². The molecule has 0 aliphatic rings. The lowest BCUT2D eigenvalue weighted by molar-refractivity contribution is -0.121. The van der Waals surface area contributed by atoms with Gasteiger partial charge in [-0.1, -0.05) is 42.8 Å². The maximum atomic E-state index is 12.2. The number of sulfonamides is 1. The van der Waals surface area contributed by atoms with E-state index < -0.39 is 10.0 Å². The summed E-state index contributed by atoms with van der Waals surface area (Å²) in [7, 11) is -3.79. The Kier molecular flexibility index (Phi) is 8.83. The van der Waals surface area contributed by atoms with Crippen molar-refractivity contribution < 1.29 is 18.0 Å². The zero-order valence-corrected chi connectivity index (χ0v) is 18.5. The molecular formula is C21H26ClN3O4S. The summed E-state index contributed by atoms with van der Waals surface area (Å²) < 4.78 is 26.9. The molecule has 2 rings (SSSR count). The van der Waals surface area contributed by atoms with Gasteiger partial charge < -0.3 is 10.6 Å². The van der Waals surface area contributed by atoms with Gasteiger partial charge in [0.2, 0.25) is 15.9 Å². The van der Waals surface area contributed by atoms with Crippen molar-refractivity contribution in [3.63, 3.8) is 0 Å². The van der Waals surface area contributed by atoms with Crippen LogP contribution >= 0.6 is 11.6 Å². The first-order valence-corrected chi connectivity index (χ1v) is 11.5. The molecule has 0 aliphatic heterocycles. The Bertz CT molecular complexity index is 995. The highest BCUT2D eigenvalue weighted by molar-refractivity contribution is 7.89. The molecule has 7 nitrogen and oxygen atoms in total. The molecule has 0 aliphatic carbocycles. The molecule has 0 bridgehead atoms. The topological polar surface area (TPSA) is 104 Å². The number of amides is 2. The highest BCUT2D eigenvalue weighted by Crippen LogP contribution is 2.19. The highest BCUT2D eigenvalue weighted by atomic mass is 35.5. The van der Waals surface area contributed by atoms with Gasteiger partial charge in [-0.3, -0.25) is 9.59 Å². The van der Waals surface area contributed by atoms with Crippen LogP contribution < -0.4 is 15.4 Å². The van der Waals surface area contributed by atoms with Gasteiger partial charge in [0.15, 0.2) is 0 Å². The SMILES string of the molecule is CCC(C)NC(=O)c1cccc(CNC(=O)CCNS(=O)(=O)c2ccccc2Cl)c1. The smallest absolute Gasteiger partial charge is 0.251 e. The second-order valence-electron chi connectivity index (χ2n) is 6.84. The second-order valence-corrected chi connectivity index (χ2v) is 8.98. The summed E-state index contributed by atoms with van der Waals surface area (Å²) in [6.07, 6.45) is 0.805. The van der Waals surface area contributed by atoms with Crippen LogP contribution in [0.25, 0.3) is 0 Å². The van der Waals surface area contributed by atoms with E-state index >= 15 is 0 Å². The van der Waals surface area contributed by atoms with Gasteiger partial charge >= 0.3 is 0 Å². The minimum Gasteiger partial charge on any atom is -0.352 e. The first kappa shape index (κ1) is 23.9. The normalized spacial score (nSPS) is 12.2. The fourth-order valence-corrected chi connectivity index (χ4v) is 4.11. The second kappa shape index (κ2) is 11.1. The lowest BCUT2D eigenvalue weighted by atomic mass is 10.1. The highest BCUT2D eigenvalue weighted by Gasteiger charge is 2.17. The van der Waals surface area contributed by atoms with Gasteiger partial charge in [0.05, 0.1) is 5.02 Å². The summed E-state index contributed by atoms with van der Waals surface area (Å²) in [5.74, 6) is -0.474. The predicted molar refractivity (Wildman–Crippen MR) is 117 cm³/mol. The number of rotatable bonds is 10. The summed E-state index contributed by atoms with van der Waals surface area (Å²) in [6, 6.07) is 13.2. The fraction of sp³-hybridized carbons (Fsp3) is 0.333. The van der Waals surface area contributed by atoms with Gasteiger partial charge in [0.1, 0.15) is 4.90 Å². The number of hydrogen-bond acceptors (Lipinski definition) is 4. The molecule has 0 saturated heterocycles. The molecule has 1 atom stereocenters. The van der Waals surface area contributed by atoms with Crippen LogP contribution in [0.4, 0.5) is 0 Å². The Labute approximate surface area is 182 Å². The Morgan fingerprint density at radius 3 is 2.53 bits per heavy atom. The molecule has 2 amide bonds. The average molecular weight is 452 g/mol. The van der Waals surface area contributed by atoms with Crippen LogP contribution in [0.3, 0.4) is 0 Å². The van der Waals surface area contributed by atoms with Crippen LogP contribution in [-0.4, -0.2) is 32.8 Å².